The molecule has 0 radical (unpaired) electrons. The van der Waals surface area contributed by atoms with Crippen LogP contribution in [-0.4, -0.2) is 86.8 Å². The Kier molecular flexibility index (Phi) is 17.6. The highest BCUT2D eigenvalue weighted by Gasteiger charge is 1.94. The van der Waals surface area contributed by atoms with Gasteiger partial charge in [0.05, 0.1) is 26.4 Å². The maximum atomic E-state index is 8.74. The van der Waals surface area contributed by atoms with Crippen LogP contribution in [0.25, 0.3) is 0 Å². The van der Waals surface area contributed by atoms with Gasteiger partial charge in [-0.2, -0.15) is 8.42 Å². The van der Waals surface area contributed by atoms with Gasteiger partial charge in [-0.05, 0) is 0 Å². The normalized spacial score (nSPS) is 10.5. The summed E-state index contributed by atoms with van der Waals surface area (Å²) in [6, 6.07) is 0. The summed E-state index contributed by atoms with van der Waals surface area (Å²) in [4.78, 5) is 0. The lowest BCUT2D eigenvalue weighted by atomic mass is 10.4. The van der Waals surface area contributed by atoms with Crippen LogP contribution in [0.4, 0.5) is 0 Å². The van der Waals surface area contributed by atoms with Crippen molar-refractivity contribution in [2.75, 3.05) is 26.4 Å². The minimum atomic E-state index is -4.67. The number of aliphatic hydroxyl groups is 6. The van der Waals surface area contributed by atoms with Gasteiger partial charge in [0.1, 0.15) is 12.2 Å². The zero-order valence-corrected chi connectivity index (χ0v) is 9.60. The maximum Gasteiger partial charge on any atom is 0.394 e. The molecule has 0 aliphatic carbocycles. The summed E-state index contributed by atoms with van der Waals surface area (Å²) in [5, 5.41) is 48.0. The first kappa shape index (κ1) is 21.9. The lowest BCUT2D eigenvalue weighted by Gasteiger charge is -1.96. The Morgan fingerprint density at radius 3 is 0.824 bits per heavy atom. The van der Waals surface area contributed by atoms with Crippen molar-refractivity contribution in [1.29, 1.82) is 0 Å². The molecule has 11 heteroatoms. The fourth-order valence-electron chi connectivity index (χ4n) is 0.115. The summed E-state index contributed by atoms with van der Waals surface area (Å²) in [7, 11) is -4.67. The van der Waals surface area contributed by atoms with E-state index in [2.05, 4.69) is 0 Å². The highest BCUT2D eigenvalue weighted by Crippen LogP contribution is 1.72. The highest BCUT2D eigenvalue weighted by molar-refractivity contribution is 7.79. The smallest absolute Gasteiger partial charge is 0.394 e. The summed E-state index contributed by atoms with van der Waals surface area (Å²) >= 11 is 0. The van der Waals surface area contributed by atoms with Crippen molar-refractivity contribution in [1.82, 2.24) is 0 Å². The Labute approximate surface area is 98.0 Å². The van der Waals surface area contributed by atoms with E-state index in [0.29, 0.717) is 0 Å². The van der Waals surface area contributed by atoms with E-state index in [1.54, 1.807) is 0 Å². The molecule has 17 heavy (non-hydrogen) atoms. The van der Waals surface area contributed by atoms with E-state index in [-0.39, 0.29) is 26.4 Å². The molecule has 0 spiro atoms. The Bertz CT molecular complexity index is 201. The molecular weight excluding hydrogens is 264 g/mol. The van der Waals surface area contributed by atoms with E-state index >= 15 is 0 Å². The first-order valence-electron chi connectivity index (χ1n) is 4.11. The van der Waals surface area contributed by atoms with Crippen molar-refractivity contribution in [3.05, 3.63) is 0 Å². The van der Waals surface area contributed by atoms with E-state index in [4.69, 9.17) is 48.2 Å². The predicted molar refractivity (Wildman–Crippen MR) is 54.5 cm³/mol. The molecule has 0 saturated heterocycles. The van der Waals surface area contributed by atoms with Crippen molar-refractivity contribution in [3.8, 4) is 0 Å². The van der Waals surface area contributed by atoms with Gasteiger partial charge in [-0.15, -0.1) is 0 Å². The Morgan fingerprint density at radius 1 is 0.706 bits per heavy atom. The van der Waals surface area contributed by atoms with E-state index < -0.39 is 22.6 Å². The topological polar surface area (TPSA) is 196 Å². The fourth-order valence-corrected chi connectivity index (χ4v) is 0.115. The molecule has 0 saturated carbocycles. The van der Waals surface area contributed by atoms with E-state index in [1.807, 2.05) is 0 Å². The molecule has 0 aromatic heterocycles. The van der Waals surface area contributed by atoms with Crippen LogP contribution in [-0.2, 0) is 10.4 Å². The molecule has 108 valence electrons. The molecule has 0 atom stereocenters. The summed E-state index contributed by atoms with van der Waals surface area (Å²) in [6.07, 6.45) is -1.91. The molecule has 0 unspecified atom stereocenters. The van der Waals surface area contributed by atoms with Crippen molar-refractivity contribution in [3.63, 3.8) is 0 Å². The second-order valence-electron chi connectivity index (χ2n) is 2.49. The van der Waals surface area contributed by atoms with Gasteiger partial charge in [-0.25, -0.2) is 0 Å². The van der Waals surface area contributed by atoms with Crippen LogP contribution < -0.4 is 0 Å². The second-order valence-corrected chi connectivity index (χ2v) is 3.38. The largest absolute Gasteiger partial charge is 0.394 e. The van der Waals surface area contributed by atoms with Crippen LogP contribution in [0.1, 0.15) is 0 Å². The van der Waals surface area contributed by atoms with Crippen LogP contribution >= 0.6 is 0 Å². The Morgan fingerprint density at radius 2 is 0.824 bits per heavy atom. The molecule has 0 aliphatic rings. The first-order valence-corrected chi connectivity index (χ1v) is 5.51. The van der Waals surface area contributed by atoms with Crippen LogP contribution in [0.3, 0.4) is 0 Å². The summed E-state index contributed by atoms with van der Waals surface area (Å²) < 4.78 is 31.6. The number of hydrogen-bond donors (Lipinski definition) is 8. The number of hydrogen-bond acceptors (Lipinski definition) is 8. The average molecular weight is 282 g/mol. The van der Waals surface area contributed by atoms with Crippen LogP contribution in [0.5, 0.6) is 0 Å². The van der Waals surface area contributed by atoms with Crippen LogP contribution in [0, 0.1) is 0 Å². The van der Waals surface area contributed by atoms with Crippen molar-refractivity contribution in [2.45, 2.75) is 12.2 Å². The van der Waals surface area contributed by atoms with E-state index in [0.717, 1.165) is 0 Å². The maximum absolute atomic E-state index is 8.74. The van der Waals surface area contributed by atoms with Gasteiger partial charge < -0.3 is 30.6 Å². The fraction of sp³-hybridized carbons (Fsp3) is 1.00. The number of rotatable bonds is 4. The van der Waals surface area contributed by atoms with E-state index in [1.165, 1.54) is 0 Å². The third-order valence-electron chi connectivity index (χ3n) is 0.843. The van der Waals surface area contributed by atoms with Crippen molar-refractivity contribution >= 4 is 10.4 Å². The number of aliphatic hydroxyl groups excluding tert-OH is 6. The van der Waals surface area contributed by atoms with Gasteiger partial charge in [-0.3, -0.25) is 9.11 Å². The highest BCUT2D eigenvalue weighted by atomic mass is 32.3. The molecule has 0 rings (SSSR count). The standard InChI is InChI=1S/2C3H8O3.H2O4S/c2*4-1-3(6)2-5;1-5(2,3)4/h2*3-6H,1-2H2;(H2,1,2,3,4). The lowest BCUT2D eigenvalue weighted by molar-refractivity contribution is 0.0450. The van der Waals surface area contributed by atoms with Gasteiger partial charge in [0.2, 0.25) is 0 Å². The lowest BCUT2D eigenvalue weighted by Crippen LogP contribution is -2.15. The van der Waals surface area contributed by atoms with Crippen LogP contribution in [0.15, 0.2) is 0 Å². The Balaban J connectivity index is -0.000000174. The third kappa shape index (κ3) is 49.9. The minimum Gasteiger partial charge on any atom is -0.394 e. The van der Waals surface area contributed by atoms with Crippen molar-refractivity contribution < 1.29 is 48.2 Å². The van der Waals surface area contributed by atoms with Gasteiger partial charge in [-0.1, -0.05) is 0 Å². The average Bonchev–Trinajstić information content (AvgIpc) is 2.25. The Hall–Kier alpha value is -0.370. The summed E-state index contributed by atoms with van der Waals surface area (Å²) in [6.45, 7) is -1.46. The van der Waals surface area contributed by atoms with E-state index in [9.17, 15) is 0 Å². The molecule has 10 nitrogen and oxygen atoms in total. The zero-order valence-electron chi connectivity index (χ0n) is 8.79. The molecule has 0 bridgehead atoms. The summed E-state index contributed by atoms with van der Waals surface area (Å²) in [5.74, 6) is 0. The monoisotopic (exact) mass is 282 g/mol. The summed E-state index contributed by atoms with van der Waals surface area (Å²) in [5.41, 5.74) is 0. The second kappa shape index (κ2) is 13.7. The molecule has 0 aromatic rings. The molecular formula is C6H18O10S. The van der Waals surface area contributed by atoms with Crippen molar-refractivity contribution in [2.24, 2.45) is 0 Å². The molecule has 8 N–H and O–H groups in total. The molecule has 0 heterocycles. The minimum absolute atomic E-state index is 0.365. The molecule has 0 fully saturated rings. The molecule has 0 aromatic carbocycles. The molecule has 0 aliphatic heterocycles. The quantitative estimate of drug-likeness (QED) is 0.235. The van der Waals surface area contributed by atoms with Gasteiger partial charge >= 0.3 is 10.4 Å². The van der Waals surface area contributed by atoms with Gasteiger partial charge in [0.25, 0.3) is 0 Å². The third-order valence-corrected chi connectivity index (χ3v) is 0.843. The van der Waals surface area contributed by atoms with Gasteiger partial charge in [0.15, 0.2) is 0 Å². The first-order chi connectivity index (χ1) is 7.62. The van der Waals surface area contributed by atoms with Crippen LogP contribution in [0.2, 0.25) is 0 Å². The zero-order chi connectivity index (χ0) is 14.5. The molecule has 0 amide bonds. The predicted octanol–water partition coefficient (Wildman–Crippen LogP) is -3.99. The van der Waals surface area contributed by atoms with Gasteiger partial charge in [0, 0.05) is 0 Å². The SMILES string of the molecule is O=S(=O)(O)O.OCC(O)CO.OCC(O)CO.